The molecule has 0 bridgehead atoms. The van der Waals surface area contributed by atoms with Gasteiger partial charge in [-0.3, -0.25) is 0 Å². The Morgan fingerprint density at radius 2 is 2.33 bits per heavy atom. The van der Waals surface area contributed by atoms with Crippen molar-refractivity contribution in [3.63, 3.8) is 0 Å². The standard InChI is InChI=1S/C11H18N2O2/c1-9(5-4-8-14)12-10-6-3-7-11(13-10)15-2/h3,6-7,9,14H,4-5,8H2,1-2H3,(H,12,13). The molecule has 4 nitrogen and oxygen atoms in total. The molecule has 0 aliphatic heterocycles. The van der Waals surface area contributed by atoms with Crippen LogP contribution < -0.4 is 10.1 Å². The highest BCUT2D eigenvalue weighted by Gasteiger charge is 2.03. The van der Waals surface area contributed by atoms with Crippen molar-refractivity contribution in [2.24, 2.45) is 0 Å². The van der Waals surface area contributed by atoms with Gasteiger partial charge < -0.3 is 15.2 Å². The van der Waals surface area contributed by atoms with Crippen molar-refractivity contribution in [2.75, 3.05) is 19.0 Å². The van der Waals surface area contributed by atoms with E-state index in [-0.39, 0.29) is 6.61 Å². The highest BCUT2D eigenvalue weighted by molar-refractivity contribution is 5.37. The largest absolute Gasteiger partial charge is 0.481 e. The van der Waals surface area contributed by atoms with Gasteiger partial charge in [0.15, 0.2) is 0 Å². The Labute approximate surface area is 90.3 Å². The van der Waals surface area contributed by atoms with Crippen LogP contribution in [-0.2, 0) is 0 Å². The van der Waals surface area contributed by atoms with Gasteiger partial charge in [-0.15, -0.1) is 0 Å². The molecule has 0 spiro atoms. The zero-order chi connectivity index (χ0) is 11.1. The number of nitrogens with one attached hydrogen (secondary N) is 1. The zero-order valence-electron chi connectivity index (χ0n) is 9.23. The molecule has 0 aliphatic rings. The second kappa shape index (κ2) is 6.24. The van der Waals surface area contributed by atoms with E-state index in [2.05, 4.69) is 17.2 Å². The Morgan fingerprint density at radius 3 is 3.00 bits per heavy atom. The molecule has 1 rings (SSSR count). The molecule has 1 heterocycles. The fourth-order valence-electron chi connectivity index (χ4n) is 1.33. The van der Waals surface area contributed by atoms with Gasteiger partial charge in [-0.05, 0) is 25.8 Å². The SMILES string of the molecule is COc1cccc(NC(C)CCCO)n1. The van der Waals surface area contributed by atoms with Crippen molar-refractivity contribution >= 4 is 5.82 Å². The fourth-order valence-corrected chi connectivity index (χ4v) is 1.33. The molecule has 0 aromatic carbocycles. The number of anilines is 1. The lowest BCUT2D eigenvalue weighted by Gasteiger charge is -2.14. The van der Waals surface area contributed by atoms with Crippen LogP contribution in [-0.4, -0.2) is 29.8 Å². The normalized spacial score (nSPS) is 12.2. The molecule has 1 aromatic rings. The maximum atomic E-state index is 8.70. The third-order valence-electron chi connectivity index (χ3n) is 2.12. The van der Waals surface area contributed by atoms with Gasteiger partial charge >= 0.3 is 0 Å². The van der Waals surface area contributed by atoms with Gasteiger partial charge in [-0.1, -0.05) is 6.07 Å². The minimum absolute atomic E-state index is 0.234. The van der Waals surface area contributed by atoms with Crippen LogP contribution in [0, 0.1) is 0 Å². The Bertz CT molecular complexity index is 292. The number of rotatable bonds is 6. The lowest BCUT2D eigenvalue weighted by molar-refractivity contribution is 0.282. The number of methoxy groups -OCH3 is 1. The fraction of sp³-hybridized carbons (Fsp3) is 0.545. The molecule has 1 atom stereocenters. The van der Waals surface area contributed by atoms with Gasteiger partial charge in [-0.2, -0.15) is 4.98 Å². The van der Waals surface area contributed by atoms with Crippen molar-refractivity contribution in [1.82, 2.24) is 4.98 Å². The molecule has 2 N–H and O–H groups in total. The Kier molecular flexibility index (Phi) is 4.90. The van der Waals surface area contributed by atoms with E-state index in [9.17, 15) is 0 Å². The van der Waals surface area contributed by atoms with Crippen LogP contribution in [0.2, 0.25) is 0 Å². The van der Waals surface area contributed by atoms with Crippen LogP contribution in [0.25, 0.3) is 0 Å². The van der Waals surface area contributed by atoms with Crippen LogP contribution in [0.4, 0.5) is 5.82 Å². The molecule has 15 heavy (non-hydrogen) atoms. The highest BCUT2D eigenvalue weighted by Crippen LogP contribution is 2.12. The first-order valence-electron chi connectivity index (χ1n) is 5.14. The average Bonchev–Trinajstić information content (AvgIpc) is 2.26. The zero-order valence-corrected chi connectivity index (χ0v) is 9.23. The van der Waals surface area contributed by atoms with Crippen LogP contribution >= 0.6 is 0 Å². The number of aliphatic hydroxyl groups is 1. The Balaban J connectivity index is 2.48. The van der Waals surface area contributed by atoms with Gasteiger partial charge in [0.2, 0.25) is 5.88 Å². The van der Waals surface area contributed by atoms with E-state index in [0.29, 0.717) is 11.9 Å². The summed E-state index contributed by atoms with van der Waals surface area (Å²) in [5.41, 5.74) is 0. The molecule has 1 aromatic heterocycles. The summed E-state index contributed by atoms with van der Waals surface area (Å²) in [7, 11) is 1.60. The maximum absolute atomic E-state index is 8.70. The van der Waals surface area contributed by atoms with Crippen LogP contribution in [0.5, 0.6) is 5.88 Å². The first-order chi connectivity index (χ1) is 7.26. The monoisotopic (exact) mass is 210 g/mol. The molecule has 4 heteroatoms. The molecule has 1 unspecified atom stereocenters. The summed E-state index contributed by atoms with van der Waals surface area (Å²) in [5, 5.41) is 11.9. The second-order valence-electron chi connectivity index (χ2n) is 3.48. The minimum Gasteiger partial charge on any atom is -0.481 e. The third-order valence-corrected chi connectivity index (χ3v) is 2.12. The van der Waals surface area contributed by atoms with E-state index in [4.69, 9.17) is 9.84 Å². The lowest BCUT2D eigenvalue weighted by Crippen LogP contribution is -2.16. The molecule has 0 saturated carbocycles. The number of nitrogens with zero attached hydrogens (tertiary/aromatic N) is 1. The molecular formula is C11H18N2O2. The molecular weight excluding hydrogens is 192 g/mol. The molecule has 0 fully saturated rings. The Hall–Kier alpha value is -1.29. The summed E-state index contributed by atoms with van der Waals surface area (Å²) in [6, 6.07) is 5.91. The van der Waals surface area contributed by atoms with Crippen molar-refractivity contribution < 1.29 is 9.84 Å². The predicted molar refractivity (Wildman–Crippen MR) is 60.2 cm³/mol. The second-order valence-corrected chi connectivity index (χ2v) is 3.48. The van der Waals surface area contributed by atoms with E-state index in [0.717, 1.165) is 18.7 Å². The highest BCUT2D eigenvalue weighted by atomic mass is 16.5. The van der Waals surface area contributed by atoms with Crippen LogP contribution in [0.3, 0.4) is 0 Å². The summed E-state index contributed by atoms with van der Waals surface area (Å²) in [5.74, 6) is 1.41. The number of ether oxygens (including phenoxy) is 1. The summed E-state index contributed by atoms with van der Waals surface area (Å²) >= 11 is 0. The quantitative estimate of drug-likeness (QED) is 0.749. The Morgan fingerprint density at radius 1 is 1.53 bits per heavy atom. The van der Waals surface area contributed by atoms with Crippen molar-refractivity contribution in [1.29, 1.82) is 0 Å². The van der Waals surface area contributed by atoms with Gasteiger partial charge in [0, 0.05) is 18.7 Å². The van der Waals surface area contributed by atoms with E-state index in [1.54, 1.807) is 7.11 Å². The average molecular weight is 210 g/mol. The summed E-state index contributed by atoms with van der Waals surface area (Å²) in [6.45, 7) is 2.30. The number of aromatic nitrogens is 1. The summed E-state index contributed by atoms with van der Waals surface area (Å²) in [6.07, 6.45) is 1.73. The van der Waals surface area contributed by atoms with E-state index >= 15 is 0 Å². The lowest BCUT2D eigenvalue weighted by atomic mass is 10.2. The van der Waals surface area contributed by atoms with E-state index < -0.39 is 0 Å². The topological polar surface area (TPSA) is 54.4 Å². The summed E-state index contributed by atoms with van der Waals surface area (Å²) < 4.78 is 5.03. The summed E-state index contributed by atoms with van der Waals surface area (Å²) in [4.78, 5) is 4.24. The first kappa shape index (κ1) is 11.8. The number of aliphatic hydroxyl groups excluding tert-OH is 1. The van der Waals surface area contributed by atoms with Gasteiger partial charge in [0.05, 0.1) is 7.11 Å². The molecule has 0 radical (unpaired) electrons. The number of pyridine rings is 1. The van der Waals surface area contributed by atoms with Gasteiger partial charge in [0.1, 0.15) is 5.82 Å². The first-order valence-corrected chi connectivity index (χ1v) is 5.14. The van der Waals surface area contributed by atoms with E-state index in [1.165, 1.54) is 0 Å². The van der Waals surface area contributed by atoms with Gasteiger partial charge in [0.25, 0.3) is 0 Å². The smallest absolute Gasteiger partial charge is 0.214 e. The number of hydrogen-bond donors (Lipinski definition) is 2. The predicted octanol–water partition coefficient (Wildman–Crippen LogP) is 1.66. The van der Waals surface area contributed by atoms with Crippen molar-refractivity contribution in [2.45, 2.75) is 25.8 Å². The van der Waals surface area contributed by atoms with Gasteiger partial charge in [-0.25, -0.2) is 0 Å². The minimum atomic E-state index is 0.234. The number of hydrogen-bond acceptors (Lipinski definition) is 4. The maximum Gasteiger partial charge on any atom is 0.214 e. The molecule has 0 aliphatic carbocycles. The van der Waals surface area contributed by atoms with Crippen LogP contribution in [0.15, 0.2) is 18.2 Å². The molecule has 0 amide bonds. The van der Waals surface area contributed by atoms with Crippen molar-refractivity contribution in [3.05, 3.63) is 18.2 Å². The third kappa shape index (κ3) is 4.16. The van der Waals surface area contributed by atoms with Crippen LogP contribution in [0.1, 0.15) is 19.8 Å². The van der Waals surface area contributed by atoms with E-state index in [1.807, 2.05) is 18.2 Å². The molecule has 84 valence electrons. The van der Waals surface area contributed by atoms with Crippen molar-refractivity contribution in [3.8, 4) is 5.88 Å². The molecule has 0 saturated heterocycles.